The standard InChI is InChI=1S/C12H17NO3/c14-9-5-4-8-13(10-12(15)16)11-6-2-1-3-7-11/h1-3,6-7,14H,4-5,8-10H2,(H,15,16). The molecule has 0 heterocycles. The first-order chi connectivity index (χ1) is 7.74. The number of hydrogen-bond donors (Lipinski definition) is 2. The summed E-state index contributed by atoms with van der Waals surface area (Å²) >= 11 is 0. The number of aliphatic carboxylic acids is 1. The average molecular weight is 223 g/mol. The van der Waals surface area contributed by atoms with Gasteiger partial charge in [0.1, 0.15) is 6.54 Å². The van der Waals surface area contributed by atoms with Crippen molar-refractivity contribution < 1.29 is 15.0 Å². The second-order valence-electron chi connectivity index (χ2n) is 3.58. The normalized spacial score (nSPS) is 10.1. The minimum atomic E-state index is -0.840. The van der Waals surface area contributed by atoms with Crippen LogP contribution in [0.4, 0.5) is 5.69 Å². The molecule has 0 atom stereocenters. The third kappa shape index (κ3) is 4.31. The molecule has 0 bridgehead atoms. The molecule has 0 aliphatic carbocycles. The van der Waals surface area contributed by atoms with Crippen molar-refractivity contribution in [3.63, 3.8) is 0 Å². The predicted molar refractivity (Wildman–Crippen MR) is 62.6 cm³/mol. The minimum absolute atomic E-state index is 0.00452. The lowest BCUT2D eigenvalue weighted by Crippen LogP contribution is -2.30. The first-order valence-electron chi connectivity index (χ1n) is 5.36. The van der Waals surface area contributed by atoms with Gasteiger partial charge in [-0.2, -0.15) is 0 Å². The Balaban J connectivity index is 2.60. The molecule has 0 spiro atoms. The first-order valence-corrected chi connectivity index (χ1v) is 5.36. The van der Waals surface area contributed by atoms with Crippen LogP contribution in [0.2, 0.25) is 0 Å². The van der Waals surface area contributed by atoms with Gasteiger partial charge in [0.2, 0.25) is 0 Å². The number of nitrogens with zero attached hydrogens (tertiary/aromatic N) is 1. The van der Waals surface area contributed by atoms with Gasteiger partial charge in [0, 0.05) is 18.8 Å². The predicted octanol–water partition coefficient (Wildman–Crippen LogP) is 1.35. The van der Waals surface area contributed by atoms with Crippen LogP contribution in [0.25, 0.3) is 0 Å². The van der Waals surface area contributed by atoms with Gasteiger partial charge in [0.05, 0.1) is 0 Å². The Morgan fingerprint density at radius 2 is 1.88 bits per heavy atom. The summed E-state index contributed by atoms with van der Waals surface area (Å²) in [7, 11) is 0. The van der Waals surface area contributed by atoms with Gasteiger partial charge in [-0.3, -0.25) is 4.79 Å². The molecule has 0 fully saturated rings. The summed E-state index contributed by atoms with van der Waals surface area (Å²) in [5.41, 5.74) is 0.905. The zero-order valence-corrected chi connectivity index (χ0v) is 9.17. The summed E-state index contributed by atoms with van der Waals surface area (Å²) in [6.07, 6.45) is 1.49. The highest BCUT2D eigenvalue weighted by molar-refractivity contribution is 5.73. The maximum Gasteiger partial charge on any atom is 0.323 e. The van der Waals surface area contributed by atoms with Crippen molar-refractivity contribution in [1.29, 1.82) is 0 Å². The number of benzene rings is 1. The topological polar surface area (TPSA) is 60.8 Å². The lowest BCUT2D eigenvalue weighted by molar-refractivity contribution is -0.135. The third-order valence-corrected chi connectivity index (χ3v) is 2.28. The van der Waals surface area contributed by atoms with E-state index in [1.54, 1.807) is 4.90 Å². The van der Waals surface area contributed by atoms with E-state index in [1.165, 1.54) is 0 Å². The molecule has 2 N–H and O–H groups in total. The second-order valence-corrected chi connectivity index (χ2v) is 3.58. The van der Waals surface area contributed by atoms with Crippen LogP contribution >= 0.6 is 0 Å². The van der Waals surface area contributed by atoms with E-state index in [0.29, 0.717) is 13.0 Å². The smallest absolute Gasteiger partial charge is 0.323 e. The summed E-state index contributed by atoms with van der Waals surface area (Å²) in [5.74, 6) is -0.840. The van der Waals surface area contributed by atoms with Crippen molar-refractivity contribution in [2.45, 2.75) is 12.8 Å². The molecule has 0 radical (unpaired) electrons. The summed E-state index contributed by atoms with van der Waals surface area (Å²) < 4.78 is 0. The maximum atomic E-state index is 10.7. The number of aliphatic hydroxyl groups excluding tert-OH is 1. The first kappa shape index (κ1) is 12.5. The van der Waals surface area contributed by atoms with Gasteiger partial charge in [-0.1, -0.05) is 18.2 Å². The third-order valence-electron chi connectivity index (χ3n) is 2.28. The molecule has 0 amide bonds. The van der Waals surface area contributed by atoms with E-state index >= 15 is 0 Å². The average Bonchev–Trinajstić information content (AvgIpc) is 2.29. The van der Waals surface area contributed by atoms with Crippen LogP contribution in [0.3, 0.4) is 0 Å². The van der Waals surface area contributed by atoms with Gasteiger partial charge in [-0.25, -0.2) is 0 Å². The molecule has 0 aromatic heterocycles. The lowest BCUT2D eigenvalue weighted by atomic mass is 10.2. The van der Waals surface area contributed by atoms with E-state index in [2.05, 4.69) is 0 Å². The van der Waals surface area contributed by atoms with E-state index in [1.807, 2.05) is 30.3 Å². The molecule has 1 rings (SSSR count). The quantitative estimate of drug-likeness (QED) is 0.685. The fourth-order valence-electron chi connectivity index (χ4n) is 1.52. The van der Waals surface area contributed by atoms with Crippen LogP contribution in [0.15, 0.2) is 30.3 Å². The molecule has 0 aliphatic rings. The molecule has 0 unspecified atom stereocenters. The molecule has 1 aromatic rings. The van der Waals surface area contributed by atoms with Gasteiger partial charge in [0.15, 0.2) is 0 Å². The second kappa shape index (κ2) is 6.85. The van der Waals surface area contributed by atoms with E-state index in [4.69, 9.17) is 10.2 Å². The lowest BCUT2D eigenvalue weighted by Gasteiger charge is -2.22. The minimum Gasteiger partial charge on any atom is -0.480 e. The molecular weight excluding hydrogens is 206 g/mol. The van der Waals surface area contributed by atoms with Crippen molar-refractivity contribution in [3.8, 4) is 0 Å². The van der Waals surface area contributed by atoms with Crippen LogP contribution in [0, 0.1) is 0 Å². The summed E-state index contributed by atoms with van der Waals surface area (Å²) in [6.45, 7) is 0.794. The highest BCUT2D eigenvalue weighted by Gasteiger charge is 2.09. The largest absolute Gasteiger partial charge is 0.480 e. The van der Waals surface area contributed by atoms with Gasteiger partial charge in [-0.15, -0.1) is 0 Å². The number of carbonyl (C=O) groups is 1. The van der Waals surface area contributed by atoms with Crippen LogP contribution in [0.5, 0.6) is 0 Å². The Kier molecular flexibility index (Phi) is 5.36. The monoisotopic (exact) mass is 223 g/mol. The number of rotatable bonds is 7. The van der Waals surface area contributed by atoms with E-state index in [0.717, 1.165) is 12.1 Å². The SMILES string of the molecule is O=C(O)CN(CCCCO)c1ccccc1. The number of carboxylic acid groups (broad SMARTS) is 1. The van der Waals surface area contributed by atoms with E-state index in [9.17, 15) is 4.79 Å². The van der Waals surface area contributed by atoms with Gasteiger partial charge >= 0.3 is 5.97 Å². The molecule has 0 saturated carbocycles. The Bertz CT molecular complexity index is 313. The maximum absolute atomic E-state index is 10.7. The van der Waals surface area contributed by atoms with E-state index in [-0.39, 0.29) is 13.2 Å². The number of anilines is 1. The van der Waals surface area contributed by atoms with Crippen molar-refractivity contribution in [3.05, 3.63) is 30.3 Å². The van der Waals surface area contributed by atoms with Crippen LogP contribution in [-0.4, -0.2) is 35.9 Å². The van der Waals surface area contributed by atoms with E-state index < -0.39 is 5.97 Å². The molecule has 1 aromatic carbocycles. The highest BCUT2D eigenvalue weighted by atomic mass is 16.4. The van der Waals surface area contributed by atoms with Crippen molar-refractivity contribution in [2.75, 3.05) is 24.6 Å². The fourth-order valence-corrected chi connectivity index (χ4v) is 1.52. The summed E-state index contributed by atoms with van der Waals surface area (Å²) in [6, 6.07) is 9.45. The molecule has 4 nitrogen and oxygen atoms in total. The molecular formula is C12H17NO3. The summed E-state index contributed by atoms with van der Waals surface area (Å²) in [5, 5.41) is 17.5. The van der Waals surface area contributed by atoms with Gasteiger partial charge < -0.3 is 15.1 Å². The molecule has 4 heteroatoms. The molecule has 0 aliphatic heterocycles. The zero-order chi connectivity index (χ0) is 11.8. The number of aliphatic hydroxyl groups is 1. The van der Waals surface area contributed by atoms with Crippen molar-refractivity contribution >= 4 is 11.7 Å². The van der Waals surface area contributed by atoms with Gasteiger partial charge in [0.25, 0.3) is 0 Å². The van der Waals surface area contributed by atoms with Crippen LogP contribution < -0.4 is 4.90 Å². The highest BCUT2D eigenvalue weighted by Crippen LogP contribution is 2.13. The molecule has 0 saturated heterocycles. The van der Waals surface area contributed by atoms with Crippen LogP contribution in [0.1, 0.15) is 12.8 Å². The van der Waals surface area contributed by atoms with Crippen molar-refractivity contribution in [2.24, 2.45) is 0 Å². The number of para-hydroxylation sites is 1. The Morgan fingerprint density at radius 3 is 2.44 bits per heavy atom. The zero-order valence-electron chi connectivity index (χ0n) is 9.17. The van der Waals surface area contributed by atoms with Crippen molar-refractivity contribution in [1.82, 2.24) is 0 Å². The van der Waals surface area contributed by atoms with Crippen LogP contribution in [-0.2, 0) is 4.79 Å². The Labute approximate surface area is 95.1 Å². The summed E-state index contributed by atoms with van der Waals surface area (Å²) in [4.78, 5) is 12.5. The van der Waals surface area contributed by atoms with Gasteiger partial charge in [-0.05, 0) is 25.0 Å². The molecule has 88 valence electrons. The fraction of sp³-hybridized carbons (Fsp3) is 0.417. The number of carboxylic acids is 1. The molecule has 16 heavy (non-hydrogen) atoms. The Morgan fingerprint density at radius 1 is 1.19 bits per heavy atom. The number of hydrogen-bond acceptors (Lipinski definition) is 3. The number of unbranched alkanes of at least 4 members (excludes halogenated alkanes) is 1. The Hall–Kier alpha value is -1.55.